The van der Waals surface area contributed by atoms with Crippen LogP contribution in [0.1, 0.15) is 37.0 Å². The van der Waals surface area contributed by atoms with Gasteiger partial charge in [-0.2, -0.15) is 0 Å². The lowest BCUT2D eigenvalue weighted by Crippen LogP contribution is -2.54. The molecule has 0 heterocycles. The summed E-state index contributed by atoms with van der Waals surface area (Å²) >= 11 is 19.0. The van der Waals surface area contributed by atoms with Crippen LogP contribution in [-0.4, -0.2) is 43.8 Å². The lowest BCUT2D eigenvalue weighted by molar-refractivity contribution is -0.140. The number of nitrogens with one attached hydrogen (secondary N) is 1. The summed E-state index contributed by atoms with van der Waals surface area (Å²) in [5, 5.41) is 3.87. The Kier molecular flexibility index (Phi) is 12.1. The molecule has 0 saturated carbocycles. The maximum atomic E-state index is 14.6. The van der Waals surface area contributed by atoms with Gasteiger partial charge in [0, 0.05) is 29.1 Å². The zero-order chi connectivity index (χ0) is 33.4. The highest BCUT2D eigenvalue weighted by atomic mass is 35.5. The van der Waals surface area contributed by atoms with Gasteiger partial charge < -0.3 is 10.2 Å². The summed E-state index contributed by atoms with van der Waals surface area (Å²) in [4.78, 5) is 29.9. The number of hydrogen-bond acceptors (Lipinski definition) is 4. The molecule has 2 amide bonds. The van der Waals surface area contributed by atoms with E-state index in [2.05, 4.69) is 5.32 Å². The second-order valence-electron chi connectivity index (χ2n) is 11.1. The number of sulfonamides is 1. The molecule has 242 valence electrons. The van der Waals surface area contributed by atoms with Crippen molar-refractivity contribution in [1.29, 1.82) is 0 Å². The van der Waals surface area contributed by atoms with E-state index in [1.165, 1.54) is 35.2 Å². The number of anilines is 1. The van der Waals surface area contributed by atoms with Crippen molar-refractivity contribution in [3.8, 4) is 0 Å². The Balaban J connectivity index is 1.83. The molecule has 4 aromatic rings. The summed E-state index contributed by atoms with van der Waals surface area (Å²) in [6.45, 7) is 5.06. The summed E-state index contributed by atoms with van der Waals surface area (Å²) < 4.78 is 29.4. The van der Waals surface area contributed by atoms with E-state index in [1.54, 1.807) is 36.4 Å². The molecule has 0 aliphatic heterocycles. The zero-order valence-corrected chi connectivity index (χ0v) is 28.9. The minimum absolute atomic E-state index is 0.0170. The van der Waals surface area contributed by atoms with Crippen LogP contribution >= 0.6 is 34.8 Å². The molecular formula is C35H36Cl3N3O4S. The number of carbonyl (C=O) groups is 2. The number of rotatable bonds is 13. The number of benzene rings is 4. The Bertz CT molecular complexity index is 1750. The number of carbonyl (C=O) groups excluding carboxylic acids is 2. The van der Waals surface area contributed by atoms with Crippen LogP contribution in [0.5, 0.6) is 0 Å². The molecule has 0 aliphatic carbocycles. The van der Waals surface area contributed by atoms with Crippen molar-refractivity contribution in [2.24, 2.45) is 0 Å². The number of hydrogen-bond donors (Lipinski definition) is 1. The summed E-state index contributed by atoms with van der Waals surface area (Å²) in [5.74, 6) is -0.962. The number of aryl methyl sites for hydroxylation is 1. The second-order valence-corrected chi connectivity index (χ2v) is 14.2. The molecule has 0 bridgehead atoms. The van der Waals surface area contributed by atoms with Gasteiger partial charge in [-0.05, 0) is 73.9 Å². The third-order valence-corrected chi connectivity index (χ3v) is 10.2. The van der Waals surface area contributed by atoms with E-state index in [9.17, 15) is 18.0 Å². The standard InChI is InChI=1S/C35H36Cl3N3O4S/c1-4-25(3)39-35(43)33(20-26-8-6-5-7-9-26)40(22-27-12-14-28(36)15-13-27)34(42)23-41(32-21-29(37)16-19-31(32)38)46(44,45)30-17-10-24(2)11-18-30/h5-19,21,25,33H,4,20,22-23H2,1-3H3,(H,39,43)/t25-,33-/m1/s1. The third kappa shape index (κ3) is 9.04. The summed E-state index contributed by atoms with van der Waals surface area (Å²) in [6, 6.07) is 25.9. The Hall–Kier alpha value is -3.56. The summed E-state index contributed by atoms with van der Waals surface area (Å²) in [6.07, 6.45) is 0.885. The largest absolute Gasteiger partial charge is 0.352 e. The first-order valence-electron chi connectivity index (χ1n) is 14.8. The topological polar surface area (TPSA) is 86.8 Å². The minimum Gasteiger partial charge on any atom is -0.352 e. The van der Waals surface area contributed by atoms with Gasteiger partial charge in [0.05, 0.1) is 15.6 Å². The van der Waals surface area contributed by atoms with Crippen molar-refractivity contribution in [1.82, 2.24) is 10.2 Å². The molecule has 4 rings (SSSR count). The molecule has 7 nitrogen and oxygen atoms in total. The van der Waals surface area contributed by atoms with Crippen molar-refractivity contribution in [3.05, 3.63) is 129 Å². The van der Waals surface area contributed by atoms with Gasteiger partial charge in [0.2, 0.25) is 11.8 Å². The number of amides is 2. The molecule has 11 heteroatoms. The molecule has 0 aromatic heterocycles. The molecule has 1 N–H and O–H groups in total. The molecule has 0 radical (unpaired) electrons. The van der Waals surface area contributed by atoms with E-state index in [0.717, 1.165) is 15.4 Å². The monoisotopic (exact) mass is 699 g/mol. The molecule has 0 spiro atoms. The molecule has 46 heavy (non-hydrogen) atoms. The highest BCUT2D eigenvalue weighted by molar-refractivity contribution is 7.92. The van der Waals surface area contributed by atoms with Gasteiger partial charge in [0.25, 0.3) is 10.0 Å². The Morgan fingerprint density at radius 1 is 0.826 bits per heavy atom. The van der Waals surface area contributed by atoms with Crippen LogP contribution < -0.4 is 9.62 Å². The van der Waals surface area contributed by atoms with E-state index in [0.29, 0.717) is 17.0 Å². The van der Waals surface area contributed by atoms with Gasteiger partial charge in [-0.3, -0.25) is 13.9 Å². The summed E-state index contributed by atoms with van der Waals surface area (Å²) in [7, 11) is -4.32. The smallest absolute Gasteiger partial charge is 0.264 e. The lowest BCUT2D eigenvalue weighted by atomic mass is 10.0. The van der Waals surface area contributed by atoms with Crippen LogP contribution in [0.2, 0.25) is 15.1 Å². The van der Waals surface area contributed by atoms with Gasteiger partial charge in [0.15, 0.2) is 0 Å². The fourth-order valence-corrected chi connectivity index (χ4v) is 6.80. The highest BCUT2D eigenvalue weighted by Gasteiger charge is 2.35. The molecule has 4 aromatic carbocycles. The lowest BCUT2D eigenvalue weighted by Gasteiger charge is -2.34. The predicted octanol–water partition coefficient (Wildman–Crippen LogP) is 7.71. The summed E-state index contributed by atoms with van der Waals surface area (Å²) in [5.41, 5.74) is 2.45. The molecule has 2 atom stereocenters. The van der Waals surface area contributed by atoms with E-state index >= 15 is 0 Å². The third-order valence-electron chi connectivity index (χ3n) is 7.60. The van der Waals surface area contributed by atoms with Gasteiger partial charge in [-0.1, -0.05) is 102 Å². The molecule has 0 unspecified atom stereocenters. The van der Waals surface area contributed by atoms with Crippen molar-refractivity contribution in [3.63, 3.8) is 0 Å². The molecule has 0 aliphatic rings. The molecule has 0 saturated heterocycles. The highest BCUT2D eigenvalue weighted by Crippen LogP contribution is 2.33. The SMILES string of the molecule is CC[C@@H](C)NC(=O)[C@@H](Cc1ccccc1)N(Cc1ccc(Cl)cc1)C(=O)CN(c1cc(Cl)ccc1Cl)S(=O)(=O)c1ccc(C)cc1. The zero-order valence-electron chi connectivity index (χ0n) is 25.8. The van der Waals surface area contributed by atoms with Crippen LogP contribution in [0.15, 0.2) is 102 Å². The van der Waals surface area contributed by atoms with E-state index in [-0.39, 0.29) is 45.5 Å². The van der Waals surface area contributed by atoms with Crippen molar-refractivity contribution >= 4 is 62.3 Å². The first kappa shape index (κ1) is 35.3. The van der Waals surface area contributed by atoms with Crippen LogP contribution in [0.4, 0.5) is 5.69 Å². The van der Waals surface area contributed by atoms with Gasteiger partial charge >= 0.3 is 0 Å². The maximum Gasteiger partial charge on any atom is 0.264 e. The van der Waals surface area contributed by atoms with Crippen LogP contribution in [0.3, 0.4) is 0 Å². The Morgan fingerprint density at radius 2 is 1.46 bits per heavy atom. The minimum atomic E-state index is -4.32. The van der Waals surface area contributed by atoms with Gasteiger partial charge in [0.1, 0.15) is 12.6 Å². The maximum absolute atomic E-state index is 14.6. The van der Waals surface area contributed by atoms with Crippen molar-refractivity contribution in [2.45, 2.75) is 57.1 Å². The Labute approximate surface area is 286 Å². The van der Waals surface area contributed by atoms with Gasteiger partial charge in [-0.25, -0.2) is 8.42 Å². The van der Waals surface area contributed by atoms with Crippen LogP contribution in [0.25, 0.3) is 0 Å². The predicted molar refractivity (Wildman–Crippen MR) is 186 cm³/mol. The average Bonchev–Trinajstić information content (AvgIpc) is 3.04. The first-order valence-corrected chi connectivity index (χ1v) is 17.4. The van der Waals surface area contributed by atoms with Crippen molar-refractivity contribution < 1.29 is 18.0 Å². The van der Waals surface area contributed by atoms with E-state index in [1.807, 2.05) is 51.1 Å². The second kappa shape index (κ2) is 15.8. The van der Waals surface area contributed by atoms with E-state index in [4.69, 9.17) is 34.8 Å². The van der Waals surface area contributed by atoms with Gasteiger partial charge in [-0.15, -0.1) is 0 Å². The molecular weight excluding hydrogens is 665 g/mol. The number of nitrogens with zero attached hydrogens (tertiary/aromatic N) is 2. The normalized spacial score (nSPS) is 12.7. The van der Waals surface area contributed by atoms with Crippen LogP contribution in [0, 0.1) is 6.92 Å². The molecule has 0 fully saturated rings. The van der Waals surface area contributed by atoms with E-state index < -0.39 is 28.5 Å². The fourth-order valence-electron chi connectivity index (χ4n) is 4.81. The van der Waals surface area contributed by atoms with Crippen LogP contribution in [-0.2, 0) is 32.6 Å². The fraction of sp³-hybridized carbons (Fsp3) is 0.257. The quantitative estimate of drug-likeness (QED) is 0.155. The number of halogens is 3. The first-order chi connectivity index (χ1) is 21.9. The average molecular weight is 701 g/mol. The van der Waals surface area contributed by atoms with Crippen molar-refractivity contribution in [2.75, 3.05) is 10.8 Å². The Morgan fingerprint density at radius 3 is 2.09 bits per heavy atom.